The second kappa shape index (κ2) is 4.29. The average Bonchev–Trinajstić information content (AvgIpc) is 2.35. The number of hydrogen-bond donors (Lipinski definition) is 4. The Balaban J connectivity index is 2.46. The molecule has 0 atom stereocenters. The zero-order chi connectivity index (χ0) is 13.3. The van der Waals surface area contributed by atoms with E-state index in [0.29, 0.717) is 11.1 Å². The Morgan fingerprint density at radius 3 is 1.78 bits per heavy atom. The number of benzene rings is 2. The SMILES string of the molecule is O=C(O)c1ccc(-c2cc(O)c(O)c(O)c2)cc1. The first-order chi connectivity index (χ1) is 8.49. The monoisotopic (exact) mass is 246 g/mol. The lowest BCUT2D eigenvalue weighted by atomic mass is 10.0. The van der Waals surface area contributed by atoms with Crippen molar-refractivity contribution in [2.75, 3.05) is 0 Å². The number of rotatable bonds is 2. The minimum atomic E-state index is -1.03. The van der Waals surface area contributed by atoms with Crippen molar-refractivity contribution in [3.8, 4) is 28.4 Å². The number of hydrogen-bond acceptors (Lipinski definition) is 4. The first kappa shape index (κ1) is 11.8. The van der Waals surface area contributed by atoms with E-state index >= 15 is 0 Å². The lowest BCUT2D eigenvalue weighted by molar-refractivity contribution is 0.0697. The smallest absolute Gasteiger partial charge is 0.335 e. The molecule has 0 radical (unpaired) electrons. The Labute approximate surface area is 102 Å². The molecule has 0 aliphatic rings. The maximum Gasteiger partial charge on any atom is 0.335 e. The van der Waals surface area contributed by atoms with Gasteiger partial charge in [-0.05, 0) is 35.4 Å². The van der Waals surface area contributed by atoms with Gasteiger partial charge < -0.3 is 20.4 Å². The van der Waals surface area contributed by atoms with Crippen LogP contribution in [0, 0.1) is 0 Å². The summed E-state index contributed by atoms with van der Waals surface area (Å²) in [7, 11) is 0. The highest BCUT2D eigenvalue weighted by molar-refractivity contribution is 5.88. The Hall–Kier alpha value is -2.69. The van der Waals surface area contributed by atoms with Crippen molar-refractivity contribution in [3.63, 3.8) is 0 Å². The molecular formula is C13H10O5. The third-order valence-corrected chi connectivity index (χ3v) is 2.53. The number of phenolic OH excluding ortho intramolecular Hbond substituents is 3. The van der Waals surface area contributed by atoms with Crippen molar-refractivity contribution >= 4 is 5.97 Å². The van der Waals surface area contributed by atoms with Crippen LogP contribution in [0.3, 0.4) is 0 Å². The summed E-state index contributed by atoms with van der Waals surface area (Å²) in [4.78, 5) is 10.7. The summed E-state index contributed by atoms with van der Waals surface area (Å²) in [5.74, 6) is -2.49. The van der Waals surface area contributed by atoms with Gasteiger partial charge in [-0.15, -0.1) is 0 Å². The molecule has 0 fully saturated rings. The summed E-state index contributed by atoms with van der Waals surface area (Å²) in [6.07, 6.45) is 0. The standard InChI is InChI=1S/C13H10O5/c14-10-5-9(6-11(15)12(10)16)7-1-3-8(4-2-7)13(17)18/h1-6,14-16H,(H,17,18). The molecule has 2 rings (SSSR count). The van der Waals surface area contributed by atoms with Crippen LogP contribution in [0.1, 0.15) is 10.4 Å². The zero-order valence-electron chi connectivity index (χ0n) is 9.16. The number of carboxylic acids is 1. The van der Waals surface area contributed by atoms with Crippen molar-refractivity contribution in [1.82, 2.24) is 0 Å². The summed E-state index contributed by atoms with van der Waals surface area (Å²) in [5, 5.41) is 36.7. The van der Waals surface area contributed by atoms with E-state index in [4.69, 9.17) is 5.11 Å². The van der Waals surface area contributed by atoms with E-state index in [0.717, 1.165) is 0 Å². The number of carboxylic acid groups (broad SMARTS) is 1. The van der Waals surface area contributed by atoms with Gasteiger partial charge in [0.1, 0.15) is 0 Å². The molecule has 92 valence electrons. The van der Waals surface area contributed by atoms with E-state index in [1.165, 1.54) is 24.3 Å². The highest BCUT2D eigenvalue weighted by atomic mass is 16.4. The quantitative estimate of drug-likeness (QED) is 0.609. The van der Waals surface area contributed by atoms with E-state index in [1.807, 2.05) is 0 Å². The molecule has 0 aliphatic carbocycles. The predicted octanol–water partition coefficient (Wildman–Crippen LogP) is 2.17. The topological polar surface area (TPSA) is 98.0 Å². The van der Waals surface area contributed by atoms with Crippen LogP contribution in [-0.4, -0.2) is 26.4 Å². The highest BCUT2D eigenvalue weighted by Crippen LogP contribution is 2.38. The van der Waals surface area contributed by atoms with E-state index in [2.05, 4.69) is 0 Å². The van der Waals surface area contributed by atoms with Gasteiger partial charge in [-0.25, -0.2) is 4.79 Å². The second-order valence-electron chi connectivity index (χ2n) is 3.75. The summed E-state index contributed by atoms with van der Waals surface area (Å²) in [6.45, 7) is 0. The van der Waals surface area contributed by atoms with Crippen LogP contribution in [0.4, 0.5) is 0 Å². The van der Waals surface area contributed by atoms with E-state index in [1.54, 1.807) is 12.1 Å². The summed E-state index contributed by atoms with van der Waals surface area (Å²) in [5.41, 5.74) is 1.23. The molecule has 18 heavy (non-hydrogen) atoms. The molecule has 5 heteroatoms. The Morgan fingerprint density at radius 2 is 1.33 bits per heavy atom. The van der Waals surface area contributed by atoms with Crippen molar-refractivity contribution in [3.05, 3.63) is 42.0 Å². The minimum Gasteiger partial charge on any atom is -0.504 e. The van der Waals surface area contributed by atoms with Gasteiger partial charge in [0.25, 0.3) is 0 Å². The molecule has 2 aromatic rings. The predicted molar refractivity (Wildman–Crippen MR) is 63.8 cm³/mol. The fraction of sp³-hybridized carbons (Fsp3) is 0. The van der Waals surface area contributed by atoms with Gasteiger partial charge in [-0.1, -0.05) is 12.1 Å². The number of aromatic carboxylic acids is 1. The van der Waals surface area contributed by atoms with Crippen LogP contribution in [-0.2, 0) is 0 Å². The van der Waals surface area contributed by atoms with Crippen LogP contribution in [0.5, 0.6) is 17.2 Å². The molecule has 0 heterocycles. The van der Waals surface area contributed by atoms with Crippen molar-refractivity contribution in [2.45, 2.75) is 0 Å². The fourth-order valence-electron chi connectivity index (χ4n) is 1.58. The van der Waals surface area contributed by atoms with Crippen LogP contribution < -0.4 is 0 Å². The Morgan fingerprint density at radius 1 is 0.833 bits per heavy atom. The van der Waals surface area contributed by atoms with Gasteiger partial charge in [-0.2, -0.15) is 0 Å². The zero-order valence-corrected chi connectivity index (χ0v) is 9.16. The minimum absolute atomic E-state index is 0.144. The van der Waals surface area contributed by atoms with E-state index < -0.39 is 23.2 Å². The molecule has 5 nitrogen and oxygen atoms in total. The van der Waals surface area contributed by atoms with Crippen molar-refractivity contribution in [2.24, 2.45) is 0 Å². The second-order valence-corrected chi connectivity index (χ2v) is 3.75. The molecule has 0 saturated heterocycles. The third kappa shape index (κ3) is 2.06. The van der Waals surface area contributed by atoms with Crippen LogP contribution in [0.25, 0.3) is 11.1 Å². The van der Waals surface area contributed by atoms with Crippen LogP contribution in [0.15, 0.2) is 36.4 Å². The van der Waals surface area contributed by atoms with Crippen LogP contribution >= 0.6 is 0 Å². The molecule has 4 N–H and O–H groups in total. The molecule has 0 aliphatic heterocycles. The third-order valence-electron chi connectivity index (χ3n) is 2.53. The fourth-order valence-corrected chi connectivity index (χ4v) is 1.58. The normalized spacial score (nSPS) is 10.2. The first-order valence-corrected chi connectivity index (χ1v) is 5.07. The van der Waals surface area contributed by atoms with Gasteiger partial charge in [-0.3, -0.25) is 0 Å². The molecule has 0 bridgehead atoms. The van der Waals surface area contributed by atoms with Gasteiger partial charge >= 0.3 is 5.97 Å². The number of aromatic hydroxyl groups is 3. The van der Waals surface area contributed by atoms with Crippen molar-refractivity contribution in [1.29, 1.82) is 0 Å². The number of carbonyl (C=O) groups is 1. The Kier molecular flexibility index (Phi) is 2.81. The van der Waals surface area contributed by atoms with Gasteiger partial charge in [0, 0.05) is 0 Å². The lowest BCUT2D eigenvalue weighted by Crippen LogP contribution is -1.94. The summed E-state index contributed by atoms with van der Waals surface area (Å²) in [6, 6.07) is 8.50. The van der Waals surface area contributed by atoms with E-state index in [9.17, 15) is 20.1 Å². The van der Waals surface area contributed by atoms with E-state index in [-0.39, 0.29) is 5.56 Å². The molecule has 0 amide bonds. The van der Waals surface area contributed by atoms with Gasteiger partial charge in [0.05, 0.1) is 5.56 Å². The van der Waals surface area contributed by atoms with Crippen LogP contribution in [0.2, 0.25) is 0 Å². The molecule has 2 aromatic carbocycles. The lowest BCUT2D eigenvalue weighted by Gasteiger charge is -2.06. The summed E-state index contributed by atoms with van der Waals surface area (Å²) >= 11 is 0. The average molecular weight is 246 g/mol. The highest BCUT2D eigenvalue weighted by Gasteiger charge is 2.10. The summed E-state index contributed by atoms with van der Waals surface area (Å²) < 4.78 is 0. The molecular weight excluding hydrogens is 236 g/mol. The molecule has 0 saturated carbocycles. The molecule has 0 spiro atoms. The van der Waals surface area contributed by atoms with Crippen molar-refractivity contribution < 1.29 is 25.2 Å². The first-order valence-electron chi connectivity index (χ1n) is 5.07. The van der Waals surface area contributed by atoms with Gasteiger partial charge in [0.2, 0.25) is 0 Å². The van der Waals surface area contributed by atoms with Gasteiger partial charge in [0.15, 0.2) is 17.2 Å². The maximum atomic E-state index is 10.7. The molecule has 0 aromatic heterocycles. The number of phenols is 3. The Bertz CT molecular complexity index is 578. The molecule has 0 unspecified atom stereocenters. The maximum absolute atomic E-state index is 10.7. The largest absolute Gasteiger partial charge is 0.504 e.